The number of nitrogens with one attached hydrogen (secondary N) is 2. The van der Waals surface area contributed by atoms with Gasteiger partial charge in [0.15, 0.2) is 0 Å². The number of hydrogen-bond donors (Lipinski definition) is 6. The zero-order valence-electron chi connectivity index (χ0n) is 16.8. The summed E-state index contributed by atoms with van der Waals surface area (Å²) in [6.45, 7) is -0.219. The number of aliphatic hydroxyl groups is 2. The van der Waals surface area contributed by atoms with Crippen molar-refractivity contribution in [1.29, 1.82) is 0 Å². The van der Waals surface area contributed by atoms with E-state index in [1.807, 2.05) is 4.98 Å². The summed E-state index contributed by atoms with van der Waals surface area (Å²) >= 11 is 0. The van der Waals surface area contributed by atoms with Crippen LogP contribution in [0.2, 0.25) is 0 Å². The molecule has 0 radical (unpaired) electrons. The average molecular weight is 528 g/mol. The van der Waals surface area contributed by atoms with Gasteiger partial charge in [-0.2, -0.15) is 0 Å². The Morgan fingerprint density at radius 3 is 2.38 bits per heavy atom. The fourth-order valence-corrected chi connectivity index (χ4v) is 4.16. The van der Waals surface area contributed by atoms with Crippen molar-refractivity contribution in [2.24, 2.45) is 0 Å². The number of hydrogen-bond acceptors (Lipinski definition) is 14. The Labute approximate surface area is 181 Å². The molecule has 0 aliphatic rings. The standard InChI is InChI=1S/C12H23N2O15P3/c1-7(16)10(26-9(5-15)8-4-13-12(18)14-11(8)17)6-25-32(22,24-3)29-30(19)27-28-31(20,21)23-2/h4,7,9-10,15-16,19H,5-6H2,1-3H3,(H,20,21)(H2,13,14,17,18)/t7-,9?,10?,30?,32?/m1/s1. The van der Waals surface area contributed by atoms with Crippen LogP contribution < -0.4 is 11.2 Å². The molecule has 1 heterocycles. The first-order valence-corrected chi connectivity index (χ1v) is 12.4. The van der Waals surface area contributed by atoms with Gasteiger partial charge < -0.3 is 29.7 Å². The van der Waals surface area contributed by atoms with Gasteiger partial charge in [-0.15, -0.1) is 9.35 Å². The predicted molar refractivity (Wildman–Crippen MR) is 104 cm³/mol. The van der Waals surface area contributed by atoms with Crippen molar-refractivity contribution in [1.82, 2.24) is 9.97 Å². The van der Waals surface area contributed by atoms with Gasteiger partial charge in [0.2, 0.25) is 0 Å². The molecule has 32 heavy (non-hydrogen) atoms. The normalized spacial score (nSPS) is 19.5. The Kier molecular flexibility index (Phi) is 12.0. The zero-order valence-corrected chi connectivity index (χ0v) is 19.5. The van der Waals surface area contributed by atoms with E-state index in [0.717, 1.165) is 20.4 Å². The van der Waals surface area contributed by atoms with Crippen molar-refractivity contribution >= 4 is 24.2 Å². The lowest BCUT2D eigenvalue weighted by atomic mass is 10.2. The first-order chi connectivity index (χ1) is 14.9. The van der Waals surface area contributed by atoms with Gasteiger partial charge in [-0.1, -0.05) is 0 Å². The second-order valence-corrected chi connectivity index (χ2v) is 9.91. The topological polar surface area (TPSA) is 245 Å². The molecule has 0 aromatic carbocycles. The summed E-state index contributed by atoms with van der Waals surface area (Å²) < 4.78 is 54.9. The third-order valence-corrected chi connectivity index (χ3v) is 6.77. The number of rotatable bonds is 15. The lowest BCUT2D eigenvalue weighted by Crippen LogP contribution is -2.36. The fourth-order valence-electron chi connectivity index (χ4n) is 1.85. The summed E-state index contributed by atoms with van der Waals surface area (Å²) in [5.74, 6) is 0. The van der Waals surface area contributed by atoms with Gasteiger partial charge in [0, 0.05) is 20.4 Å². The molecule has 0 aliphatic carbocycles. The molecular formula is C12H23N2O15P3. The molecule has 0 saturated heterocycles. The van der Waals surface area contributed by atoms with Gasteiger partial charge in [0.1, 0.15) is 12.2 Å². The van der Waals surface area contributed by atoms with E-state index in [-0.39, 0.29) is 5.56 Å². The molecule has 186 valence electrons. The Hall–Kier alpha value is -0.870. The number of aliphatic hydroxyl groups excluding tert-OH is 2. The number of aromatic nitrogens is 2. The van der Waals surface area contributed by atoms with Gasteiger partial charge in [0.05, 0.1) is 24.9 Å². The minimum absolute atomic E-state index is 0.181. The molecule has 5 unspecified atom stereocenters. The first kappa shape index (κ1) is 29.2. The molecule has 1 aromatic rings. The third kappa shape index (κ3) is 9.55. The first-order valence-electron chi connectivity index (χ1n) is 8.36. The van der Waals surface area contributed by atoms with Gasteiger partial charge in [-0.05, 0) is 6.92 Å². The minimum atomic E-state index is -4.65. The van der Waals surface area contributed by atoms with Crippen molar-refractivity contribution in [2.75, 3.05) is 27.4 Å². The quantitative estimate of drug-likeness (QED) is 0.0960. The third-order valence-electron chi connectivity index (χ3n) is 3.45. The number of phosphoric acid groups is 2. The van der Waals surface area contributed by atoms with Crippen LogP contribution in [0.4, 0.5) is 0 Å². The maximum absolute atomic E-state index is 12.4. The van der Waals surface area contributed by atoms with Gasteiger partial charge >= 0.3 is 29.9 Å². The molecule has 0 aliphatic heterocycles. The Balaban J connectivity index is 2.83. The Morgan fingerprint density at radius 2 is 1.88 bits per heavy atom. The molecular weight excluding hydrogens is 505 g/mol. The molecule has 0 amide bonds. The van der Waals surface area contributed by atoms with Crippen LogP contribution in [0.3, 0.4) is 0 Å². The zero-order chi connectivity index (χ0) is 24.5. The number of ether oxygens (including phenoxy) is 1. The van der Waals surface area contributed by atoms with E-state index in [9.17, 15) is 33.8 Å². The maximum Gasteiger partial charge on any atom is 0.499 e. The van der Waals surface area contributed by atoms with Crippen molar-refractivity contribution in [2.45, 2.75) is 25.2 Å². The summed E-state index contributed by atoms with van der Waals surface area (Å²) in [5.41, 5.74) is -1.83. The highest BCUT2D eigenvalue weighted by atomic mass is 31.3. The van der Waals surface area contributed by atoms with E-state index in [2.05, 4.69) is 27.7 Å². The molecule has 20 heteroatoms. The van der Waals surface area contributed by atoms with Crippen LogP contribution in [0.25, 0.3) is 0 Å². The van der Waals surface area contributed by atoms with Gasteiger partial charge in [-0.3, -0.25) is 23.3 Å². The highest BCUT2D eigenvalue weighted by molar-refractivity contribution is 7.59. The Morgan fingerprint density at radius 1 is 1.22 bits per heavy atom. The smallest absolute Gasteiger partial charge is 0.393 e. The van der Waals surface area contributed by atoms with Crippen LogP contribution in [0.15, 0.2) is 15.8 Å². The summed E-state index contributed by atoms with van der Waals surface area (Å²) in [5, 5.41) is 19.4. The van der Waals surface area contributed by atoms with Gasteiger partial charge in [0.25, 0.3) is 5.56 Å². The van der Waals surface area contributed by atoms with Crippen LogP contribution in [-0.4, -0.2) is 69.6 Å². The number of H-pyrrole nitrogens is 2. The molecule has 1 aromatic heterocycles. The van der Waals surface area contributed by atoms with Crippen LogP contribution in [0.1, 0.15) is 18.6 Å². The van der Waals surface area contributed by atoms with Crippen molar-refractivity contribution in [3.8, 4) is 0 Å². The average Bonchev–Trinajstić information content (AvgIpc) is 2.73. The highest BCUT2D eigenvalue weighted by Gasteiger charge is 2.35. The largest absolute Gasteiger partial charge is 0.499 e. The SMILES string of the molecule is COP(=O)(O)OOP(O)OP(=O)(OC)OCC(OC(CO)c1c[nH]c(=O)[nH]c1=O)[C@@H](C)O. The van der Waals surface area contributed by atoms with Crippen molar-refractivity contribution < 1.29 is 61.1 Å². The van der Waals surface area contributed by atoms with E-state index in [4.69, 9.17) is 14.2 Å². The van der Waals surface area contributed by atoms with E-state index in [1.54, 1.807) is 0 Å². The summed E-state index contributed by atoms with van der Waals surface area (Å²) in [6.07, 6.45) is -2.98. The molecule has 0 spiro atoms. The number of aromatic amines is 2. The predicted octanol–water partition coefficient (Wildman–Crippen LogP) is -0.436. The van der Waals surface area contributed by atoms with Crippen LogP contribution >= 0.6 is 24.2 Å². The maximum atomic E-state index is 12.4. The summed E-state index contributed by atoms with van der Waals surface area (Å²) in [7, 11) is -10.8. The molecule has 6 N–H and O–H groups in total. The minimum Gasteiger partial charge on any atom is -0.393 e. The number of phosphoric ester groups is 2. The summed E-state index contributed by atoms with van der Waals surface area (Å²) in [4.78, 5) is 45.7. The fraction of sp³-hybridized carbons (Fsp3) is 0.667. The molecule has 1 rings (SSSR count). The van der Waals surface area contributed by atoms with Crippen LogP contribution in [0, 0.1) is 0 Å². The molecule has 17 nitrogen and oxygen atoms in total. The highest BCUT2D eigenvalue weighted by Crippen LogP contribution is 2.60. The van der Waals surface area contributed by atoms with Crippen LogP contribution in [-0.2, 0) is 41.1 Å². The van der Waals surface area contributed by atoms with Crippen molar-refractivity contribution in [3.63, 3.8) is 0 Å². The monoisotopic (exact) mass is 528 g/mol. The van der Waals surface area contributed by atoms with E-state index in [1.165, 1.54) is 6.92 Å². The second kappa shape index (κ2) is 13.1. The molecule has 0 saturated carbocycles. The lowest BCUT2D eigenvalue weighted by molar-refractivity contribution is -0.134. The Bertz CT molecular complexity index is 919. The van der Waals surface area contributed by atoms with Crippen LogP contribution in [0.5, 0.6) is 0 Å². The van der Waals surface area contributed by atoms with E-state index >= 15 is 0 Å². The van der Waals surface area contributed by atoms with E-state index < -0.39 is 67.0 Å². The molecule has 6 atom stereocenters. The summed E-state index contributed by atoms with van der Waals surface area (Å²) in [6, 6.07) is 0. The lowest BCUT2D eigenvalue weighted by Gasteiger charge is -2.26. The molecule has 0 fully saturated rings. The van der Waals surface area contributed by atoms with E-state index in [0.29, 0.717) is 0 Å². The second-order valence-electron chi connectivity index (χ2n) is 5.66. The molecule has 0 bridgehead atoms. The van der Waals surface area contributed by atoms with Gasteiger partial charge in [-0.25, -0.2) is 18.2 Å². The van der Waals surface area contributed by atoms with Crippen molar-refractivity contribution in [3.05, 3.63) is 32.6 Å².